The van der Waals surface area contributed by atoms with Crippen LogP contribution in [0.15, 0.2) is 11.6 Å². The van der Waals surface area contributed by atoms with Crippen LogP contribution in [0.25, 0.3) is 0 Å². The summed E-state index contributed by atoms with van der Waals surface area (Å²) in [6.07, 6.45) is 26.2. The molecule has 41 heavy (non-hydrogen) atoms. The summed E-state index contributed by atoms with van der Waals surface area (Å²) in [6, 6.07) is 0. The second-order valence-corrected chi connectivity index (χ2v) is 12.9. The molecule has 0 aliphatic carbocycles. The molecule has 0 saturated carbocycles. The monoisotopic (exact) mass is 580 g/mol. The van der Waals surface area contributed by atoms with Crippen LogP contribution in [0.1, 0.15) is 168 Å². The average Bonchev–Trinajstić information content (AvgIpc) is 3.57. The second-order valence-electron chi connectivity index (χ2n) is 12.9. The van der Waals surface area contributed by atoms with Crippen molar-refractivity contribution in [3.63, 3.8) is 0 Å². The summed E-state index contributed by atoms with van der Waals surface area (Å²) in [5.41, 5.74) is 0.828. The highest BCUT2D eigenvalue weighted by Crippen LogP contribution is 2.28. The van der Waals surface area contributed by atoms with Crippen molar-refractivity contribution in [2.24, 2.45) is 0 Å². The minimum absolute atomic E-state index is 0.0754. The van der Waals surface area contributed by atoms with Gasteiger partial charge in [-0.15, -0.1) is 0 Å². The first-order valence-electron chi connectivity index (χ1n) is 17.5. The maximum Gasteiger partial charge on any atom is 0.334 e. The first-order valence-corrected chi connectivity index (χ1v) is 17.5. The van der Waals surface area contributed by atoms with E-state index in [-0.39, 0.29) is 30.4 Å². The van der Waals surface area contributed by atoms with Gasteiger partial charge < -0.3 is 24.8 Å². The molecule has 0 radical (unpaired) electrons. The van der Waals surface area contributed by atoms with Crippen LogP contribution in [0.2, 0.25) is 0 Å². The summed E-state index contributed by atoms with van der Waals surface area (Å²) in [5, 5.41) is 31.5. The Kier molecular flexibility index (Phi) is 20.0. The fourth-order valence-corrected chi connectivity index (χ4v) is 6.39. The van der Waals surface area contributed by atoms with Crippen molar-refractivity contribution in [3.05, 3.63) is 11.6 Å². The number of hydrogen-bond donors (Lipinski definition) is 3. The molecule has 2 rings (SSSR count). The lowest BCUT2D eigenvalue weighted by Gasteiger charge is -2.22. The fraction of sp³-hybridized carbons (Fsp3) is 0.914. The van der Waals surface area contributed by atoms with E-state index < -0.39 is 12.2 Å². The number of aliphatic hydroxyl groups is 3. The van der Waals surface area contributed by atoms with E-state index in [2.05, 4.69) is 6.92 Å². The summed E-state index contributed by atoms with van der Waals surface area (Å²) in [6.45, 7) is 4.15. The van der Waals surface area contributed by atoms with Crippen molar-refractivity contribution in [1.82, 2.24) is 0 Å². The number of carbonyl (C=O) groups excluding carboxylic acids is 1. The van der Waals surface area contributed by atoms with Crippen LogP contribution < -0.4 is 0 Å². The van der Waals surface area contributed by atoms with Gasteiger partial charge in [0.15, 0.2) is 0 Å². The number of esters is 1. The minimum Gasteiger partial charge on any atom is -0.455 e. The molecule has 0 spiro atoms. The molecule has 6 heteroatoms. The molecule has 0 aromatic rings. The zero-order chi connectivity index (χ0) is 29.7. The maximum absolute atomic E-state index is 11.6. The van der Waals surface area contributed by atoms with Crippen molar-refractivity contribution in [2.75, 3.05) is 0 Å². The lowest BCUT2D eigenvalue weighted by Crippen LogP contribution is -2.31. The summed E-state index contributed by atoms with van der Waals surface area (Å²) >= 11 is 0. The van der Waals surface area contributed by atoms with Gasteiger partial charge in [-0.05, 0) is 64.4 Å². The lowest BCUT2D eigenvalue weighted by atomic mass is 9.99. The van der Waals surface area contributed by atoms with E-state index in [1.54, 1.807) is 0 Å². The molecule has 3 N–H and O–H groups in total. The van der Waals surface area contributed by atoms with E-state index in [1.165, 1.54) is 57.8 Å². The van der Waals surface area contributed by atoms with Gasteiger partial charge in [-0.3, -0.25) is 0 Å². The van der Waals surface area contributed by atoms with Crippen LogP contribution in [0.5, 0.6) is 0 Å². The van der Waals surface area contributed by atoms with Crippen LogP contribution in [0, 0.1) is 0 Å². The van der Waals surface area contributed by atoms with Gasteiger partial charge in [0, 0.05) is 5.57 Å². The number of hydrogen-bond acceptors (Lipinski definition) is 6. The maximum atomic E-state index is 11.6. The van der Waals surface area contributed by atoms with Crippen LogP contribution in [-0.4, -0.2) is 57.9 Å². The molecular weight excluding hydrogens is 516 g/mol. The van der Waals surface area contributed by atoms with Crippen molar-refractivity contribution in [3.8, 4) is 0 Å². The summed E-state index contributed by atoms with van der Waals surface area (Å²) in [5.74, 6) is -0.151. The number of aliphatic hydroxyl groups excluding tert-OH is 3. The highest BCUT2D eigenvalue weighted by Gasteiger charge is 2.34. The molecule has 2 heterocycles. The number of rotatable bonds is 26. The zero-order valence-corrected chi connectivity index (χ0v) is 26.6. The molecule has 0 unspecified atom stereocenters. The normalized spacial score (nSPS) is 23.0. The third-order valence-electron chi connectivity index (χ3n) is 9.06. The molecule has 0 aromatic carbocycles. The van der Waals surface area contributed by atoms with E-state index >= 15 is 0 Å². The smallest absolute Gasteiger partial charge is 0.334 e. The van der Waals surface area contributed by atoms with Crippen LogP contribution in [0.3, 0.4) is 0 Å². The van der Waals surface area contributed by atoms with E-state index in [1.807, 2.05) is 13.0 Å². The Morgan fingerprint density at radius 1 is 0.683 bits per heavy atom. The molecule has 0 bridgehead atoms. The Bertz CT molecular complexity index is 694. The van der Waals surface area contributed by atoms with Gasteiger partial charge in [0.05, 0.1) is 30.5 Å². The van der Waals surface area contributed by atoms with E-state index in [9.17, 15) is 20.1 Å². The molecule has 0 amide bonds. The van der Waals surface area contributed by atoms with E-state index in [4.69, 9.17) is 9.47 Å². The average molecular weight is 581 g/mol. The van der Waals surface area contributed by atoms with Crippen molar-refractivity contribution < 1.29 is 29.6 Å². The summed E-state index contributed by atoms with van der Waals surface area (Å²) in [7, 11) is 0. The van der Waals surface area contributed by atoms with Gasteiger partial charge in [-0.1, -0.05) is 110 Å². The molecule has 1 saturated heterocycles. The second kappa shape index (κ2) is 22.6. The third-order valence-corrected chi connectivity index (χ3v) is 9.06. The first-order chi connectivity index (χ1) is 19.9. The highest BCUT2D eigenvalue weighted by atomic mass is 16.5. The Morgan fingerprint density at radius 2 is 1.12 bits per heavy atom. The lowest BCUT2D eigenvalue weighted by molar-refractivity contribution is -0.139. The summed E-state index contributed by atoms with van der Waals surface area (Å²) in [4.78, 5) is 11.6. The Morgan fingerprint density at radius 3 is 1.63 bits per heavy atom. The Balaban J connectivity index is 1.39. The van der Waals surface area contributed by atoms with Gasteiger partial charge in [0.1, 0.15) is 6.10 Å². The zero-order valence-electron chi connectivity index (χ0n) is 26.6. The van der Waals surface area contributed by atoms with Crippen LogP contribution >= 0.6 is 0 Å². The molecule has 6 nitrogen and oxygen atoms in total. The van der Waals surface area contributed by atoms with Gasteiger partial charge in [-0.2, -0.15) is 0 Å². The molecule has 240 valence electrons. The number of ether oxygens (including phenoxy) is 2. The van der Waals surface area contributed by atoms with Crippen LogP contribution in [0.4, 0.5) is 0 Å². The highest BCUT2D eigenvalue weighted by molar-refractivity contribution is 5.90. The van der Waals surface area contributed by atoms with Crippen molar-refractivity contribution in [2.45, 2.75) is 205 Å². The molecule has 6 atom stereocenters. The largest absolute Gasteiger partial charge is 0.455 e. The van der Waals surface area contributed by atoms with Crippen molar-refractivity contribution in [1.29, 1.82) is 0 Å². The first kappa shape index (κ1) is 36.2. The van der Waals surface area contributed by atoms with Crippen molar-refractivity contribution >= 4 is 5.97 Å². The van der Waals surface area contributed by atoms with E-state index in [0.29, 0.717) is 6.42 Å². The van der Waals surface area contributed by atoms with Gasteiger partial charge >= 0.3 is 5.97 Å². The Hall–Kier alpha value is -0.950. The molecule has 2 aliphatic heterocycles. The molecule has 0 aromatic heterocycles. The Labute approximate surface area is 251 Å². The predicted octanol–water partition coefficient (Wildman–Crippen LogP) is 8.09. The quantitative estimate of drug-likeness (QED) is 0.0707. The van der Waals surface area contributed by atoms with Gasteiger partial charge in [0.25, 0.3) is 0 Å². The number of unbranched alkanes of at least 4 members (excludes halogenated alkanes) is 14. The number of cyclic esters (lactones) is 1. The van der Waals surface area contributed by atoms with Gasteiger partial charge in [-0.25, -0.2) is 4.79 Å². The topological polar surface area (TPSA) is 96.2 Å². The minimum atomic E-state index is -0.480. The molecule has 2 aliphatic rings. The third kappa shape index (κ3) is 16.5. The molecular formula is C35H64O6. The van der Waals surface area contributed by atoms with Crippen LogP contribution in [-0.2, 0) is 14.3 Å². The fourth-order valence-electron chi connectivity index (χ4n) is 6.39. The SMILES string of the molecule is CCCCCCCCCCCC[C@@H](O)[C@H]1CC[C@H]([C@H](O)CCCC[C@@H](O)CCCCCCCC2=C[C@H](C)OC2=O)O1. The van der Waals surface area contributed by atoms with Gasteiger partial charge in [0.2, 0.25) is 0 Å². The molecule has 1 fully saturated rings. The predicted molar refractivity (Wildman–Crippen MR) is 167 cm³/mol. The number of carbonyl (C=O) groups is 1. The summed E-state index contributed by atoms with van der Waals surface area (Å²) < 4.78 is 11.2. The standard InChI is InChI=1S/C35H64O6/c1-3-4-5-6-7-8-9-10-14-17-23-31(37)33-25-26-34(41-33)32(38)24-19-18-22-30(36)21-16-13-11-12-15-20-29-27-28(2)40-35(29)39/h27-28,30-34,36-38H,3-26H2,1-2H3/t28-,30-,31+,32+,33+,34+/m0/s1. The van der Waals surface area contributed by atoms with E-state index in [0.717, 1.165) is 95.5 Å².